The molecule has 2 aliphatic heterocycles. The minimum Gasteiger partial charge on any atom is -0.351 e. The van der Waals surface area contributed by atoms with Crippen molar-refractivity contribution in [3.8, 4) is 0 Å². The Morgan fingerprint density at radius 2 is 2.22 bits per heavy atom. The van der Waals surface area contributed by atoms with E-state index in [9.17, 15) is 9.59 Å². The Morgan fingerprint density at radius 3 is 2.94 bits per heavy atom. The molecule has 2 rings (SSSR count). The van der Waals surface area contributed by atoms with Crippen molar-refractivity contribution in [1.82, 2.24) is 15.5 Å². The first-order chi connectivity index (χ1) is 8.25. The highest BCUT2D eigenvalue weighted by Crippen LogP contribution is 2.10. The average molecular weight is 276 g/mol. The van der Waals surface area contributed by atoms with Crippen LogP contribution in [0.15, 0.2) is 0 Å². The molecule has 0 radical (unpaired) electrons. The fourth-order valence-electron chi connectivity index (χ4n) is 2.43. The van der Waals surface area contributed by atoms with Gasteiger partial charge >= 0.3 is 0 Å². The van der Waals surface area contributed by atoms with E-state index in [2.05, 4.69) is 10.6 Å². The molecular weight excluding hydrogens is 254 g/mol. The van der Waals surface area contributed by atoms with Crippen molar-refractivity contribution in [3.63, 3.8) is 0 Å². The van der Waals surface area contributed by atoms with E-state index in [4.69, 9.17) is 0 Å². The average Bonchev–Trinajstić information content (AvgIpc) is 2.71. The third-order valence-corrected chi connectivity index (χ3v) is 3.43. The van der Waals surface area contributed by atoms with Crippen LogP contribution in [0.4, 0.5) is 0 Å². The predicted octanol–water partition coefficient (Wildman–Crippen LogP) is 0.289. The zero-order valence-corrected chi connectivity index (χ0v) is 11.4. The minimum atomic E-state index is -0.0195. The van der Waals surface area contributed by atoms with E-state index in [0.29, 0.717) is 6.42 Å². The molecule has 1 atom stereocenters. The maximum atomic E-state index is 11.8. The molecule has 18 heavy (non-hydrogen) atoms. The fourth-order valence-corrected chi connectivity index (χ4v) is 2.43. The van der Waals surface area contributed by atoms with Gasteiger partial charge in [-0.15, -0.1) is 12.4 Å². The number of hydrogen-bond donors (Lipinski definition) is 2. The quantitative estimate of drug-likeness (QED) is 0.778. The first-order valence-electron chi connectivity index (χ1n) is 6.53. The van der Waals surface area contributed by atoms with Crippen molar-refractivity contribution >= 4 is 24.2 Å². The van der Waals surface area contributed by atoms with Gasteiger partial charge < -0.3 is 15.5 Å². The molecule has 6 heteroatoms. The number of hydrogen-bond acceptors (Lipinski definition) is 3. The van der Waals surface area contributed by atoms with Crippen molar-refractivity contribution in [2.45, 2.75) is 38.1 Å². The lowest BCUT2D eigenvalue weighted by Crippen LogP contribution is -2.44. The molecule has 0 bridgehead atoms. The van der Waals surface area contributed by atoms with Gasteiger partial charge in [-0.1, -0.05) is 6.42 Å². The first-order valence-corrected chi connectivity index (χ1v) is 6.53. The lowest BCUT2D eigenvalue weighted by atomic mass is 10.2. The Balaban J connectivity index is 0.00000162. The van der Waals surface area contributed by atoms with E-state index < -0.39 is 0 Å². The van der Waals surface area contributed by atoms with Crippen LogP contribution in [-0.2, 0) is 9.59 Å². The van der Waals surface area contributed by atoms with Crippen LogP contribution in [0.5, 0.6) is 0 Å². The summed E-state index contributed by atoms with van der Waals surface area (Å²) in [6, 6.07) is 0.240. The van der Waals surface area contributed by atoms with Crippen molar-refractivity contribution in [1.29, 1.82) is 0 Å². The van der Waals surface area contributed by atoms with Gasteiger partial charge in [-0.2, -0.15) is 0 Å². The van der Waals surface area contributed by atoms with E-state index in [-0.39, 0.29) is 36.8 Å². The van der Waals surface area contributed by atoms with Crippen molar-refractivity contribution < 1.29 is 9.59 Å². The third kappa shape index (κ3) is 4.46. The van der Waals surface area contributed by atoms with Crippen molar-refractivity contribution in [2.24, 2.45) is 0 Å². The summed E-state index contributed by atoms with van der Waals surface area (Å²) in [4.78, 5) is 25.2. The van der Waals surface area contributed by atoms with Crippen LogP contribution in [0.25, 0.3) is 0 Å². The third-order valence-electron chi connectivity index (χ3n) is 3.43. The van der Waals surface area contributed by atoms with Gasteiger partial charge in [0.05, 0.1) is 6.54 Å². The van der Waals surface area contributed by atoms with Gasteiger partial charge in [-0.25, -0.2) is 0 Å². The SMILES string of the molecule is Cl.O=C(CN1CCCCCC1=O)NC1CCNC1. The molecule has 0 aromatic carbocycles. The van der Waals surface area contributed by atoms with Crippen LogP contribution >= 0.6 is 12.4 Å². The van der Waals surface area contributed by atoms with Crippen molar-refractivity contribution in [2.75, 3.05) is 26.2 Å². The number of amides is 2. The molecule has 2 aliphatic rings. The van der Waals surface area contributed by atoms with Crippen LogP contribution in [0.1, 0.15) is 32.1 Å². The monoisotopic (exact) mass is 275 g/mol. The summed E-state index contributed by atoms with van der Waals surface area (Å²) < 4.78 is 0. The minimum absolute atomic E-state index is 0. The van der Waals surface area contributed by atoms with Gasteiger partial charge in [0.1, 0.15) is 0 Å². The van der Waals surface area contributed by atoms with Crippen LogP contribution in [-0.4, -0.2) is 48.9 Å². The topological polar surface area (TPSA) is 61.4 Å². The number of nitrogens with zero attached hydrogens (tertiary/aromatic N) is 1. The van der Waals surface area contributed by atoms with E-state index in [1.807, 2.05) is 0 Å². The standard InChI is InChI=1S/C12H21N3O2.ClH/c16-11(14-10-5-6-13-8-10)9-15-7-3-1-2-4-12(15)17;/h10,13H,1-9H2,(H,14,16);1H. The van der Waals surface area contributed by atoms with Gasteiger partial charge in [0.15, 0.2) is 0 Å². The highest BCUT2D eigenvalue weighted by atomic mass is 35.5. The number of carbonyl (C=O) groups excluding carboxylic acids is 2. The maximum Gasteiger partial charge on any atom is 0.239 e. The molecule has 1 unspecified atom stereocenters. The predicted molar refractivity (Wildman–Crippen MR) is 71.7 cm³/mol. The van der Waals surface area contributed by atoms with Crippen LogP contribution in [0, 0.1) is 0 Å². The van der Waals surface area contributed by atoms with Gasteiger partial charge in [-0.3, -0.25) is 9.59 Å². The second-order valence-electron chi connectivity index (χ2n) is 4.88. The molecule has 0 spiro atoms. The highest BCUT2D eigenvalue weighted by Gasteiger charge is 2.21. The molecule has 0 aromatic heterocycles. The molecule has 2 saturated heterocycles. The Kier molecular flexibility index (Phi) is 6.43. The number of rotatable bonds is 3. The van der Waals surface area contributed by atoms with Gasteiger partial charge in [-0.05, 0) is 25.8 Å². The van der Waals surface area contributed by atoms with Gasteiger partial charge in [0.25, 0.3) is 0 Å². The molecular formula is C12H22ClN3O2. The number of halogens is 1. The largest absolute Gasteiger partial charge is 0.351 e. The molecule has 104 valence electrons. The Labute approximate surface area is 114 Å². The molecule has 2 heterocycles. The summed E-state index contributed by atoms with van der Waals surface area (Å²) in [5.41, 5.74) is 0. The normalized spacial score (nSPS) is 24.3. The molecule has 0 aliphatic carbocycles. The Morgan fingerprint density at radius 1 is 1.39 bits per heavy atom. The molecule has 2 N–H and O–H groups in total. The fraction of sp³-hybridized carbons (Fsp3) is 0.833. The summed E-state index contributed by atoms with van der Waals surface area (Å²) in [7, 11) is 0. The summed E-state index contributed by atoms with van der Waals surface area (Å²) in [5.74, 6) is 0.108. The summed E-state index contributed by atoms with van der Waals surface area (Å²) in [6.07, 6.45) is 4.65. The lowest BCUT2D eigenvalue weighted by molar-refractivity contribution is -0.135. The van der Waals surface area contributed by atoms with E-state index in [1.165, 1.54) is 0 Å². The Hall–Kier alpha value is -0.810. The maximum absolute atomic E-state index is 11.8. The van der Waals surface area contributed by atoms with E-state index in [1.54, 1.807) is 4.90 Å². The number of carbonyl (C=O) groups is 2. The summed E-state index contributed by atoms with van der Waals surface area (Å²) in [6.45, 7) is 2.78. The smallest absolute Gasteiger partial charge is 0.239 e. The first kappa shape index (κ1) is 15.2. The Bertz CT molecular complexity index is 293. The van der Waals surface area contributed by atoms with Crippen molar-refractivity contribution in [3.05, 3.63) is 0 Å². The highest BCUT2D eigenvalue weighted by molar-refractivity contribution is 5.85. The number of likely N-dealkylation sites (tertiary alicyclic amines) is 1. The molecule has 0 saturated carbocycles. The van der Waals surface area contributed by atoms with Gasteiger partial charge in [0, 0.05) is 25.6 Å². The van der Waals surface area contributed by atoms with Crippen LogP contribution in [0.3, 0.4) is 0 Å². The van der Waals surface area contributed by atoms with Crippen LogP contribution < -0.4 is 10.6 Å². The molecule has 5 nitrogen and oxygen atoms in total. The summed E-state index contributed by atoms with van der Waals surface area (Å²) >= 11 is 0. The zero-order chi connectivity index (χ0) is 12.1. The van der Waals surface area contributed by atoms with Gasteiger partial charge in [0.2, 0.25) is 11.8 Å². The second kappa shape index (κ2) is 7.59. The zero-order valence-electron chi connectivity index (χ0n) is 10.6. The summed E-state index contributed by atoms with van der Waals surface area (Å²) in [5, 5.41) is 6.18. The van der Waals surface area contributed by atoms with E-state index in [0.717, 1.165) is 45.3 Å². The molecule has 2 amide bonds. The lowest BCUT2D eigenvalue weighted by Gasteiger charge is -2.21. The molecule has 2 fully saturated rings. The number of nitrogens with one attached hydrogen (secondary N) is 2. The second-order valence-corrected chi connectivity index (χ2v) is 4.88. The van der Waals surface area contributed by atoms with E-state index >= 15 is 0 Å². The molecule has 0 aromatic rings. The van der Waals surface area contributed by atoms with Crippen LogP contribution in [0.2, 0.25) is 0 Å².